The summed E-state index contributed by atoms with van der Waals surface area (Å²) in [6.07, 6.45) is 4.08. The number of furan rings is 1. The average Bonchev–Trinajstić information content (AvgIpc) is 3.12. The fraction of sp³-hybridized carbons (Fsp3) is 0.556. The van der Waals surface area contributed by atoms with Crippen LogP contribution in [0.15, 0.2) is 34.5 Å². The normalized spacial score (nSPS) is 20.3. The van der Waals surface area contributed by atoms with Crippen molar-refractivity contribution < 1.29 is 14.0 Å². The van der Waals surface area contributed by atoms with Crippen molar-refractivity contribution >= 4 is 23.6 Å². The summed E-state index contributed by atoms with van der Waals surface area (Å²) in [4.78, 5) is 27.0. The Morgan fingerprint density at radius 3 is 2.79 bits per heavy atom. The molecule has 0 saturated carbocycles. The first-order chi connectivity index (χ1) is 11.4. The van der Waals surface area contributed by atoms with Crippen LogP contribution < -0.4 is 5.32 Å². The lowest BCUT2D eigenvalue weighted by Crippen LogP contribution is -2.49. The molecule has 0 aliphatic carbocycles. The number of amides is 2. The third kappa shape index (κ3) is 4.90. The second-order valence-electron chi connectivity index (χ2n) is 6.70. The molecule has 1 aliphatic heterocycles. The van der Waals surface area contributed by atoms with Crippen LogP contribution in [0.2, 0.25) is 0 Å². The maximum Gasteiger partial charge on any atom is 0.248 e. The summed E-state index contributed by atoms with van der Waals surface area (Å²) < 4.78 is 5.24. The van der Waals surface area contributed by atoms with Crippen LogP contribution >= 0.6 is 11.8 Å². The third-order valence-corrected chi connectivity index (χ3v) is 5.06. The Bertz CT molecular complexity index is 591. The third-order valence-electron chi connectivity index (χ3n) is 3.75. The van der Waals surface area contributed by atoms with E-state index in [1.165, 1.54) is 0 Å². The zero-order valence-corrected chi connectivity index (χ0v) is 15.6. The first-order valence-corrected chi connectivity index (χ1v) is 9.32. The molecule has 132 valence electrons. The lowest BCUT2D eigenvalue weighted by atomic mass is 10.1. The Balaban J connectivity index is 2.09. The summed E-state index contributed by atoms with van der Waals surface area (Å²) in [7, 11) is 0. The molecule has 24 heavy (non-hydrogen) atoms. The fourth-order valence-electron chi connectivity index (χ4n) is 2.67. The van der Waals surface area contributed by atoms with Crippen molar-refractivity contribution in [3.63, 3.8) is 0 Å². The van der Waals surface area contributed by atoms with E-state index >= 15 is 0 Å². The topological polar surface area (TPSA) is 62.6 Å². The smallest absolute Gasteiger partial charge is 0.248 e. The minimum absolute atomic E-state index is 0.0486. The monoisotopic (exact) mass is 350 g/mol. The van der Waals surface area contributed by atoms with E-state index in [0.717, 1.165) is 12.0 Å². The molecule has 1 aliphatic rings. The van der Waals surface area contributed by atoms with Gasteiger partial charge in [-0.3, -0.25) is 9.59 Å². The number of carbonyl (C=O) groups excluding carboxylic acids is 2. The van der Waals surface area contributed by atoms with Gasteiger partial charge in [0.05, 0.1) is 18.2 Å². The van der Waals surface area contributed by atoms with Gasteiger partial charge in [0.25, 0.3) is 0 Å². The van der Waals surface area contributed by atoms with Crippen LogP contribution in [0.4, 0.5) is 0 Å². The number of nitrogens with one attached hydrogen (secondary N) is 1. The van der Waals surface area contributed by atoms with Gasteiger partial charge in [0.1, 0.15) is 11.8 Å². The molecule has 2 amide bonds. The highest BCUT2D eigenvalue weighted by molar-refractivity contribution is 8.00. The minimum atomic E-state index is -0.434. The molecule has 1 saturated heterocycles. The van der Waals surface area contributed by atoms with E-state index in [-0.39, 0.29) is 17.2 Å². The van der Waals surface area contributed by atoms with Gasteiger partial charge in [0, 0.05) is 11.8 Å². The van der Waals surface area contributed by atoms with Gasteiger partial charge in [0.2, 0.25) is 11.8 Å². The summed E-state index contributed by atoms with van der Waals surface area (Å²) >= 11 is 1.69. The van der Waals surface area contributed by atoms with Crippen molar-refractivity contribution in [3.05, 3.63) is 35.8 Å². The molecular weight excluding hydrogens is 324 g/mol. The SMILES string of the molecule is CC(C)=CC(=O)N1C(CC(C)C)SCC1C(=O)NCc1ccco1. The van der Waals surface area contributed by atoms with Crippen LogP contribution in [-0.4, -0.2) is 33.9 Å². The highest BCUT2D eigenvalue weighted by Crippen LogP contribution is 2.33. The molecule has 0 aromatic carbocycles. The summed E-state index contributed by atoms with van der Waals surface area (Å²) in [5, 5.41) is 2.93. The Morgan fingerprint density at radius 1 is 1.46 bits per heavy atom. The molecular formula is C18H26N2O3S. The first-order valence-electron chi connectivity index (χ1n) is 8.27. The molecule has 1 fully saturated rings. The van der Waals surface area contributed by atoms with E-state index < -0.39 is 6.04 Å². The maximum absolute atomic E-state index is 12.6. The predicted octanol–water partition coefficient (Wildman–Crippen LogP) is 3.18. The van der Waals surface area contributed by atoms with Gasteiger partial charge in [0.15, 0.2) is 0 Å². The molecule has 0 bridgehead atoms. The Labute approximate surface area is 147 Å². The van der Waals surface area contributed by atoms with Crippen LogP contribution in [0.25, 0.3) is 0 Å². The van der Waals surface area contributed by atoms with E-state index in [0.29, 0.717) is 24.0 Å². The van der Waals surface area contributed by atoms with Gasteiger partial charge in [-0.1, -0.05) is 19.4 Å². The molecule has 1 N–H and O–H groups in total. The zero-order chi connectivity index (χ0) is 17.7. The van der Waals surface area contributed by atoms with Crippen molar-refractivity contribution in [1.82, 2.24) is 10.2 Å². The number of hydrogen-bond donors (Lipinski definition) is 1. The number of thioether (sulfide) groups is 1. The van der Waals surface area contributed by atoms with E-state index in [2.05, 4.69) is 19.2 Å². The van der Waals surface area contributed by atoms with Crippen molar-refractivity contribution in [2.45, 2.75) is 52.1 Å². The minimum Gasteiger partial charge on any atom is -0.467 e. The molecule has 2 atom stereocenters. The molecule has 1 aromatic heterocycles. The predicted molar refractivity (Wildman–Crippen MR) is 96.3 cm³/mol. The highest BCUT2D eigenvalue weighted by atomic mass is 32.2. The second-order valence-corrected chi connectivity index (χ2v) is 7.91. The van der Waals surface area contributed by atoms with Gasteiger partial charge in [-0.2, -0.15) is 0 Å². The molecule has 0 radical (unpaired) electrons. The summed E-state index contributed by atoms with van der Waals surface area (Å²) in [6, 6.07) is 3.17. The van der Waals surface area contributed by atoms with E-state index in [4.69, 9.17) is 4.42 Å². The van der Waals surface area contributed by atoms with Crippen LogP contribution in [0.3, 0.4) is 0 Å². The molecule has 0 spiro atoms. The first kappa shape index (κ1) is 18.6. The van der Waals surface area contributed by atoms with E-state index in [1.54, 1.807) is 35.1 Å². The molecule has 2 heterocycles. The lowest BCUT2D eigenvalue weighted by molar-refractivity contribution is -0.136. The maximum atomic E-state index is 12.6. The van der Waals surface area contributed by atoms with Crippen molar-refractivity contribution in [1.29, 1.82) is 0 Å². The lowest BCUT2D eigenvalue weighted by Gasteiger charge is -2.29. The molecule has 5 nitrogen and oxygen atoms in total. The number of allylic oxidation sites excluding steroid dienone is 1. The van der Waals surface area contributed by atoms with Crippen molar-refractivity contribution in [2.24, 2.45) is 5.92 Å². The average molecular weight is 350 g/mol. The van der Waals surface area contributed by atoms with Crippen LogP contribution in [0.5, 0.6) is 0 Å². The van der Waals surface area contributed by atoms with Crippen molar-refractivity contribution in [3.8, 4) is 0 Å². The Morgan fingerprint density at radius 2 is 2.21 bits per heavy atom. The number of rotatable bonds is 6. The van der Waals surface area contributed by atoms with E-state index in [1.807, 2.05) is 19.9 Å². The van der Waals surface area contributed by atoms with Gasteiger partial charge >= 0.3 is 0 Å². The number of nitrogens with zero attached hydrogens (tertiary/aromatic N) is 1. The second kappa shape index (κ2) is 8.42. The van der Waals surface area contributed by atoms with Gasteiger partial charge < -0.3 is 14.6 Å². The zero-order valence-electron chi connectivity index (χ0n) is 14.7. The highest BCUT2D eigenvalue weighted by Gasteiger charge is 2.40. The molecule has 6 heteroatoms. The molecule has 2 rings (SSSR count). The van der Waals surface area contributed by atoms with Gasteiger partial charge in [-0.25, -0.2) is 0 Å². The fourth-order valence-corrected chi connectivity index (χ4v) is 4.32. The van der Waals surface area contributed by atoms with Crippen molar-refractivity contribution in [2.75, 3.05) is 5.75 Å². The van der Waals surface area contributed by atoms with Gasteiger partial charge in [-0.15, -0.1) is 11.8 Å². The van der Waals surface area contributed by atoms with Crippen LogP contribution in [-0.2, 0) is 16.1 Å². The van der Waals surface area contributed by atoms with Crippen LogP contribution in [0, 0.1) is 5.92 Å². The summed E-state index contributed by atoms with van der Waals surface area (Å²) in [5.74, 6) is 1.60. The number of hydrogen-bond acceptors (Lipinski definition) is 4. The summed E-state index contributed by atoms with van der Waals surface area (Å²) in [6.45, 7) is 8.39. The molecule has 2 unspecified atom stereocenters. The quantitative estimate of drug-likeness (QED) is 0.801. The Hall–Kier alpha value is -1.69. The largest absolute Gasteiger partial charge is 0.467 e. The number of carbonyl (C=O) groups is 2. The van der Waals surface area contributed by atoms with E-state index in [9.17, 15) is 9.59 Å². The van der Waals surface area contributed by atoms with Gasteiger partial charge in [-0.05, 0) is 38.3 Å². The summed E-state index contributed by atoms with van der Waals surface area (Å²) in [5.41, 5.74) is 0.940. The standard InChI is InChI=1S/C18H26N2O3S/c1-12(2)8-16(21)20-15(11-24-17(20)9-13(3)4)18(22)19-10-14-6-5-7-23-14/h5-8,13,15,17H,9-11H2,1-4H3,(H,19,22). The Kier molecular flexibility index (Phi) is 6.54. The molecule has 1 aromatic rings. The van der Waals surface area contributed by atoms with Crippen LogP contribution in [0.1, 0.15) is 39.9 Å².